The van der Waals surface area contributed by atoms with Crippen LogP contribution in [0.1, 0.15) is 0 Å². The zero-order chi connectivity index (χ0) is 14.1. The van der Waals surface area contributed by atoms with Crippen molar-refractivity contribution in [2.24, 2.45) is 7.05 Å². The summed E-state index contributed by atoms with van der Waals surface area (Å²) in [6, 6.07) is 14.2. The molecule has 20 heavy (non-hydrogen) atoms. The molecule has 0 unspecified atom stereocenters. The van der Waals surface area contributed by atoms with Crippen LogP contribution < -0.4 is 4.74 Å². The molecule has 0 amide bonds. The summed E-state index contributed by atoms with van der Waals surface area (Å²) < 4.78 is 7.43. The number of imidazole rings is 1. The number of aromatic nitrogens is 2. The summed E-state index contributed by atoms with van der Waals surface area (Å²) in [6.07, 6.45) is 0. The average Bonchev–Trinajstić information content (AvgIpc) is 2.76. The Kier molecular flexibility index (Phi) is 2.83. The second-order valence-electron chi connectivity index (χ2n) is 4.30. The number of non-ortho nitro benzene ring substituents is 1. The highest BCUT2D eigenvalue weighted by Crippen LogP contribution is 2.27. The molecule has 0 spiro atoms. The van der Waals surface area contributed by atoms with Crippen LogP contribution in [0.2, 0.25) is 0 Å². The molecule has 0 saturated carbocycles. The summed E-state index contributed by atoms with van der Waals surface area (Å²) in [6.45, 7) is 0. The first-order chi connectivity index (χ1) is 9.65. The number of aryl methyl sites for hydroxylation is 1. The maximum atomic E-state index is 10.8. The molecule has 0 saturated heterocycles. The van der Waals surface area contributed by atoms with Crippen LogP contribution in [0.25, 0.3) is 11.0 Å². The van der Waals surface area contributed by atoms with Gasteiger partial charge in [-0.15, -0.1) is 0 Å². The van der Waals surface area contributed by atoms with E-state index in [0.717, 1.165) is 5.52 Å². The Balaban J connectivity index is 2.04. The zero-order valence-electron chi connectivity index (χ0n) is 10.7. The highest BCUT2D eigenvalue weighted by atomic mass is 16.6. The average molecular weight is 269 g/mol. The summed E-state index contributed by atoms with van der Waals surface area (Å²) in [5.74, 6) is 0.667. The standard InChI is InChI=1S/C14H11N3O3/c1-16-13-8-7-10(17(18)19)9-12(13)15-14(16)20-11-5-3-2-4-6-11/h2-9H,1H3. The Morgan fingerprint density at radius 2 is 1.95 bits per heavy atom. The molecular formula is C14H11N3O3. The van der Waals surface area contributed by atoms with Crippen molar-refractivity contribution >= 4 is 16.7 Å². The molecule has 0 N–H and O–H groups in total. The van der Waals surface area contributed by atoms with Gasteiger partial charge in [0.25, 0.3) is 5.69 Å². The van der Waals surface area contributed by atoms with Crippen LogP contribution in [0.4, 0.5) is 5.69 Å². The molecule has 0 radical (unpaired) electrons. The number of nitro benzene ring substituents is 1. The van der Waals surface area contributed by atoms with Crippen molar-refractivity contribution in [1.82, 2.24) is 9.55 Å². The molecular weight excluding hydrogens is 258 g/mol. The summed E-state index contributed by atoms with van der Waals surface area (Å²) in [5, 5.41) is 10.8. The molecule has 3 aromatic rings. The Hall–Kier alpha value is -2.89. The number of rotatable bonds is 3. The van der Waals surface area contributed by atoms with Gasteiger partial charge in [0, 0.05) is 19.2 Å². The number of fused-ring (bicyclic) bond motifs is 1. The van der Waals surface area contributed by atoms with Gasteiger partial charge in [0.05, 0.1) is 16.0 Å². The molecule has 3 rings (SSSR count). The number of nitro groups is 1. The number of para-hydroxylation sites is 1. The van der Waals surface area contributed by atoms with Crippen LogP contribution in [-0.2, 0) is 7.05 Å². The fraction of sp³-hybridized carbons (Fsp3) is 0.0714. The molecule has 1 heterocycles. The lowest BCUT2D eigenvalue weighted by Gasteiger charge is -2.04. The number of hydrogen-bond acceptors (Lipinski definition) is 4. The van der Waals surface area contributed by atoms with Crippen LogP contribution in [0.15, 0.2) is 48.5 Å². The maximum absolute atomic E-state index is 10.8. The Morgan fingerprint density at radius 1 is 1.20 bits per heavy atom. The third-order valence-corrected chi connectivity index (χ3v) is 2.99. The number of ether oxygens (including phenoxy) is 1. The quantitative estimate of drug-likeness (QED) is 0.540. The van der Waals surface area contributed by atoms with Crippen molar-refractivity contribution < 1.29 is 9.66 Å². The van der Waals surface area contributed by atoms with Crippen LogP contribution >= 0.6 is 0 Å². The molecule has 6 heteroatoms. The van der Waals surface area contributed by atoms with Crippen molar-refractivity contribution in [3.63, 3.8) is 0 Å². The summed E-state index contributed by atoms with van der Waals surface area (Å²) in [7, 11) is 1.80. The molecule has 6 nitrogen and oxygen atoms in total. The third-order valence-electron chi connectivity index (χ3n) is 2.99. The summed E-state index contributed by atoms with van der Waals surface area (Å²) >= 11 is 0. The molecule has 1 aromatic heterocycles. The molecule has 0 aliphatic carbocycles. The fourth-order valence-electron chi connectivity index (χ4n) is 1.96. The molecule has 0 fully saturated rings. The van der Waals surface area contributed by atoms with Crippen LogP contribution in [0, 0.1) is 10.1 Å². The lowest BCUT2D eigenvalue weighted by Crippen LogP contribution is -1.94. The minimum atomic E-state index is -0.439. The van der Waals surface area contributed by atoms with E-state index < -0.39 is 4.92 Å². The smallest absolute Gasteiger partial charge is 0.302 e. The van der Waals surface area contributed by atoms with Crippen LogP contribution in [0.3, 0.4) is 0 Å². The number of nitrogens with zero attached hydrogens (tertiary/aromatic N) is 3. The first-order valence-electron chi connectivity index (χ1n) is 5.99. The van der Waals surface area contributed by atoms with Gasteiger partial charge in [-0.25, -0.2) is 0 Å². The number of benzene rings is 2. The van der Waals surface area contributed by atoms with E-state index in [-0.39, 0.29) is 5.69 Å². The number of hydrogen-bond donors (Lipinski definition) is 0. The van der Waals surface area contributed by atoms with E-state index in [1.165, 1.54) is 12.1 Å². The van der Waals surface area contributed by atoms with Crippen molar-refractivity contribution in [3.05, 3.63) is 58.6 Å². The topological polar surface area (TPSA) is 70.2 Å². The molecule has 100 valence electrons. The van der Waals surface area contributed by atoms with E-state index in [2.05, 4.69) is 4.98 Å². The Bertz CT molecular complexity index is 781. The predicted octanol–water partition coefficient (Wildman–Crippen LogP) is 3.27. The lowest BCUT2D eigenvalue weighted by molar-refractivity contribution is -0.384. The van der Waals surface area contributed by atoms with Gasteiger partial charge < -0.3 is 4.74 Å². The van der Waals surface area contributed by atoms with E-state index in [4.69, 9.17) is 4.74 Å². The van der Waals surface area contributed by atoms with Gasteiger partial charge in [0.1, 0.15) is 5.75 Å². The van der Waals surface area contributed by atoms with Crippen molar-refractivity contribution in [2.45, 2.75) is 0 Å². The normalized spacial score (nSPS) is 10.7. The largest absolute Gasteiger partial charge is 0.426 e. The van der Waals surface area contributed by atoms with Gasteiger partial charge in [-0.2, -0.15) is 4.98 Å². The van der Waals surface area contributed by atoms with E-state index >= 15 is 0 Å². The first-order valence-corrected chi connectivity index (χ1v) is 5.99. The molecule has 0 atom stereocenters. The Morgan fingerprint density at radius 3 is 2.65 bits per heavy atom. The first kappa shape index (κ1) is 12.2. The lowest BCUT2D eigenvalue weighted by atomic mass is 10.3. The SMILES string of the molecule is Cn1c(Oc2ccccc2)nc2cc([N+](=O)[O-])ccc21. The summed E-state index contributed by atoms with van der Waals surface area (Å²) in [4.78, 5) is 14.6. The van der Waals surface area contributed by atoms with E-state index in [1.807, 2.05) is 30.3 Å². The van der Waals surface area contributed by atoms with E-state index in [0.29, 0.717) is 17.3 Å². The van der Waals surface area contributed by atoms with Crippen molar-refractivity contribution in [1.29, 1.82) is 0 Å². The van der Waals surface area contributed by atoms with Crippen LogP contribution in [0.5, 0.6) is 11.8 Å². The molecule has 2 aromatic carbocycles. The van der Waals surface area contributed by atoms with Gasteiger partial charge in [-0.3, -0.25) is 14.7 Å². The van der Waals surface area contributed by atoms with Crippen LogP contribution in [-0.4, -0.2) is 14.5 Å². The van der Waals surface area contributed by atoms with E-state index in [9.17, 15) is 10.1 Å². The highest BCUT2D eigenvalue weighted by Gasteiger charge is 2.13. The van der Waals surface area contributed by atoms with Crippen molar-refractivity contribution in [3.8, 4) is 11.8 Å². The minimum Gasteiger partial charge on any atom is -0.426 e. The third kappa shape index (κ3) is 2.07. The Labute approximate surface area is 114 Å². The monoisotopic (exact) mass is 269 g/mol. The zero-order valence-corrected chi connectivity index (χ0v) is 10.7. The molecule has 0 aliphatic heterocycles. The molecule has 0 aliphatic rings. The van der Waals surface area contributed by atoms with Gasteiger partial charge in [-0.1, -0.05) is 18.2 Å². The fourth-order valence-corrected chi connectivity index (χ4v) is 1.96. The second-order valence-corrected chi connectivity index (χ2v) is 4.30. The summed E-state index contributed by atoms with van der Waals surface area (Å²) in [5.41, 5.74) is 1.33. The minimum absolute atomic E-state index is 0.0156. The maximum Gasteiger partial charge on any atom is 0.302 e. The van der Waals surface area contributed by atoms with Crippen molar-refractivity contribution in [2.75, 3.05) is 0 Å². The highest BCUT2D eigenvalue weighted by molar-refractivity contribution is 5.79. The van der Waals surface area contributed by atoms with Gasteiger partial charge in [0.2, 0.25) is 0 Å². The second kappa shape index (κ2) is 4.65. The predicted molar refractivity (Wildman–Crippen MR) is 73.9 cm³/mol. The molecule has 0 bridgehead atoms. The van der Waals surface area contributed by atoms with Gasteiger partial charge in [0.15, 0.2) is 0 Å². The van der Waals surface area contributed by atoms with E-state index in [1.54, 1.807) is 17.7 Å². The van der Waals surface area contributed by atoms with Gasteiger partial charge in [-0.05, 0) is 18.2 Å². The van der Waals surface area contributed by atoms with Gasteiger partial charge >= 0.3 is 6.01 Å².